The Morgan fingerprint density at radius 3 is 1.83 bits per heavy atom. The van der Waals surface area contributed by atoms with Gasteiger partial charge in [-0.3, -0.25) is 4.57 Å². The van der Waals surface area contributed by atoms with Gasteiger partial charge in [0.1, 0.15) is 0 Å². The standard InChI is InChI=1S/CH3O3PS/c2-5(3,4)1-6/h1H,(H2,2,3,4). The van der Waals surface area contributed by atoms with Crippen LogP contribution in [0, 0.1) is 0 Å². The molecule has 0 aliphatic heterocycles. The highest BCUT2D eigenvalue weighted by molar-refractivity contribution is 7.94. The summed E-state index contributed by atoms with van der Waals surface area (Å²) in [5.74, 6) is 0. The van der Waals surface area contributed by atoms with E-state index >= 15 is 0 Å². The van der Waals surface area contributed by atoms with Gasteiger partial charge in [-0.25, -0.2) is 0 Å². The van der Waals surface area contributed by atoms with Crippen LogP contribution in [0.25, 0.3) is 0 Å². The SMILES string of the molecule is O=P(O)(O)C=S. The van der Waals surface area contributed by atoms with Crippen LogP contribution in [0.4, 0.5) is 0 Å². The van der Waals surface area contributed by atoms with E-state index in [-0.39, 0.29) is 0 Å². The van der Waals surface area contributed by atoms with Gasteiger partial charge in [0.05, 0.1) is 5.11 Å². The van der Waals surface area contributed by atoms with Crippen molar-refractivity contribution in [3.05, 3.63) is 0 Å². The third-order valence-corrected chi connectivity index (χ3v) is 1.24. The van der Waals surface area contributed by atoms with Gasteiger partial charge in [-0.15, -0.1) is 0 Å². The second-order valence-corrected chi connectivity index (χ2v) is 2.72. The molecular formula is CH3O3PS. The fraction of sp³-hybridized carbons (Fsp3) is 0. The van der Waals surface area contributed by atoms with Gasteiger partial charge in [0.2, 0.25) is 0 Å². The maximum atomic E-state index is 9.53. The van der Waals surface area contributed by atoms with Crippen LogP contribution in [0.5, 0.6) is 0 Å². The van der Waals surface area contributed by atoms with E-state index in [9.17, 15) is 4.57 Å². The molecule has 0 aromatic rings. The first-order valence-electron chi connectivity index (χ1n) is 1.08. The van der Waals surface area contributed by atoms with Crippen molar-refractivity contribution < 1.29 is 14.4 Å². The smallest absolute Gasteiger partial charge is 0.321 e. The third-order valence-electron chi connectivity index (χ3n) is 0.137. The van der Waals surface area contributed by atoms with E-state index in [4.69, 9.17) is 9.79 Å². The van der Waals surface area contributed by atoms with Gasteiger partial charge in [0.25, 0.3) is 0 Å². The lowest BCUT2D eigenvalue weighted by atomic mass is 11.9. The summed E-state index contributed by atoms with van der Waals surface area (Å²) in [7, 11) is -3.96. The minimum atomic E-state index is -3.96. The van der Waals surface area contributed by atoms with Crippen LogP contribution < -0.4 is 0 Å². The van der Waals surface area contributed by atoms with Gasteiger partial charge in [-0.05, 0) is 0 Å². The van der Waals surface area contributed by atoms with Crippen molar-refractivity contribution in [2.45, 2.75) is 0 Å². The zero-order valence-corrected chi connectivity index (χ0v) is 4.45. The number of hydrogen-bond acceptors (Lipinski definition) is 2. The van der Waals surface area contributed by atoms with E-state index in [1.807, 2.05) is 0 Å². The van der Waals surface area contributed by atoms with E-state index in [0.717, 1.165) is 0 Å². The lowest BCUT2D eigenvalue weighted by Gasteiger charge is -1.85. The Bertz CT molecular complexity index is 93.0. The molecule has 0 heterocycles. The fourth-order valence-electron chi connectivity index (χ4n) is 0. The number of hydrogen-bond donors (Lipinski definition) is 2. The topological polar surface area (TPSA) is 57.5 Å². The van der Waals surface area contributed by atoms with Crippen molar-refractivity contribution in [3.8, 4) is 0 Å². The minimum Gasteiger partial charge on any atom is -0.321 e. The van der Waals surface area contributed by atoms with Gasteiger partial charge < -0.3 is 9.79 Å². The van der Waals surface area contributed by atoms with E-state index in [1.165, 1.54) is 0 Å². The molecule has 3 nitrogen and oxygen atoms in total. The van der Waals surface area contributed by atoms with Gasteiger partial charge >= 0.3 is 7.60 Å². The van der Waals surface area contributed by atoms with Crippen LogP contribution in [0.3, 0.4) is 0 Å². The lowest BCUT2D eigenvalue weighted by Crippen LogP contribution is -1.70. The molecule has 0 aromatic heterocycles. The van der Waals surface area contributed by atoms with Crippen molar-refractivity contribution in [1.29, 1.82) is 0 Å². The van der Waals surface area contributed by atoms with Crippen molar-refractivity contribution in [2.24, 2.45) is 0 Å². The summed E-state index contributed by atoms with van der Waals surface area (Å²) in [4.78, 5) is 15.6. The van der Waals surface area contributed by atoms with Crippen LogP contribution in [0.1, 0.15) is 0 Å². The summed E-state index contributed by atoms with van der Waals surface area (Å²) in [5.41, 5.74) is 0. The van der Waals surface area contributed by atoms with E-state index in [2.05, 4.69) is 12.2 Å². The predicted octanol–water partition coefficient (Wildman–Crippen LogP) is 0.121. The van der Waals surface area contributed by atoms with Crippen LogP contribution >= 0.6 is 19.8 Å². The molecule has 0 spiro atoms. The summed E-state index contributed by atoms with van der Waals surface area (Å²) in [6.45, 7) is 0. The zero-order chi connectivity index (χ0) is 5.21. The van der Waals surface area contributed by atoms with Gasteiger partial charge in [0, 0.05) is 0 Å². The molecule has 0 atom stereocenters. The zero-order valence-electron chi connectivity index (χ0n) is 2.74. The summed E-state index contributed by atoms with van der Waals surface area (Å²) >= 11 is 3.90. The largest absolute Gasteiger partial charge is 0.359 e. The Morgan fingerprint density at radius 1 is 1.67 bits per heavy atom. The average Bonchev–Trinajstić information content (AvgIpc) is 1.35. The monoisotopic (exact) mass is 126 g/mol. The molecule has 0 bridgehead atoms. The summed E-state index contributed by atoms with van der Waals surface area (Å²) in [6, 6.07) is 0. The fourth-order valence-corrected chi connectivity index (χ4v) is 0. The number of thiocarbonyl (C=S) groups is 1. The van der Waals surface area contributed by atoms with Crippen molar-refractivity contribution in [3.63, 3.8) is 0 Å². The van der Waals surface area contributed by atoms with Crippen LogP contribution in [-0.2, 0) is 4.57 Å². The molecule has 6 heavy (non-hydrogen) atoms. The maximum absolute atomic E-state index is 9.53. The van der Waals surface area contributed by atoms with Crippen LogP contribution in [0.15, 0.2) is 0 Å². The van der Waals surface area contributed by atoms with Crippen LogP contribution in [-0.4, -0.2) is 14.9 Å². The minimum absolute atomic E-state index is 0.438. The molecule has 0 saturated heterocycles. The normalized spacial score (nSPS) is 11.0. The molecule has 0 rings (SSSR count). The highest BCUT2D eigenvalue weighted by Gasteiger charge is 2.02. The Morgan fingerprint density at radius 2 is 1.83 bits per heavy atom. The molecule has 0 aromatic carbocycles. The molecule has 0 fully saturated rings. The first-order chi connectivity index (χ1) is 2.56. The molecular weight excluding hydrogens is 123 g/mol. The van der Waals surface area contributed by atoms with E-state index in [1.54, 1.807) is 0 Å². The lowest BCUT2D eigenvalue weighted by molar-refractivity contribution is 0.393. The second-order valence-electron chi connectivity index (χ2n) is 0.695. The predicted molar refractivity (Wildman–Crippen MR) is 25.7 cm³/mol. The Labute approximate surface area is 40.1 Å². The molecule has 0 amide bonds. The highest BCUT2D eigenvalue weighted by Crippen LogP contribution is 2.29. The van der Waals surface area contributed by atoms with Gasteiger partial charge in [-0.1, -0.05) is 12.2 Å². The first kappa shape index (κ1) is 6.24. The van der Waals surface area contributed by atoms with Gasteiger partial charge in [0.15, 0.2) is 0 Å². The van der Waals surface area contributed by atoms with E-state index < -0.39 is 7.60 Å². The highest BCUT2D eigenvalue weighted by atomic mass is 32.1. The van der Waals surface area contributed by atoms with E-state index in [0.29, 0.717) is 5.11 Å². The first-order valence-corrected chi connectivity index (χ1v) is 3.23. The van der Waals surface area contributed by atoms with Crippen LogP contribution in [0.2, 0.25) is 0 Å². The Hall–Kier alpha value is 0.240. The molecule has 0 radical (unpaired) electrons. The van der Waals surface area contributed by atoms with Crippen molar-refractivity contribution in [2.75, 3.05) is 0 Å². The molecule has 2 N–H and O–H groups in total. The van der Waals surface area contributed by atoms with Crippen molar-refractivity contribution >= 4 is 24.9 Å². The van der Waals surface area contributed by atoms with Gasteiger partial charge in [-0.2, -0.15) is 0 Å². The summed E-state index contributed by atoms with van der Waals surface area (Å²) in [6.07, 6.45) is 0. The third kappa shape index (κ3) is 4.24. The molecule has 5 heteroatoms. The number of rotatable bonds is 1. The Kier molecular flexibility index (Phi) is 1.87. The quantitative estimate of drug-likeness (QED) is 0.387. The molecule has 0 aliphatic carbocycles. The Balaban J connectivity index is 3.81. The molecule has 36 valence electrons. The second kappa shape index (κ2) is 1.80. The average molecular weight is 126 g/mol. The van der Waals surface area contributed by atoms with Crippen molar-refractivity contribution in [1.82, 2.24) is 0 Å². The molecule has 0 saturated carbocycles. The molecule has 0 unspecified atom stereocenters. The maximum Gasteiger partial charge on any atom is 0.359 e. The summed E-state index contributed by atoms with van der Waals surface area (Å²) < 4.78 is 9.53. The summed E-state index contributed by atoms with van der Waals surface area (Å²) in [5, 5.41) is 0.438. The molecule has 0 aliphatic rings.